The number of halogens is 2. The molecule has 4 N–H and O–H groups in total. The minimum absolute atomic E-state index is 0.0123. The third kappa shape index (κ3) is 3.27. The largest absolute Gasteiger partial charge is 0.508 e. The summed E-state index contributed by atoms with van der Waals surface area (Å²) in [6.45, 7) is 3.23. The van der Waals surface area contributed by atoms with Crippen LogP contribution in [0.15, 0.2) is 30.5 Å². The van der Waals surface area contributed by atoms with Crippen LogP contribution < -0.4 is 16.0 Å². The quantitative estimate of drug-likeness (QED) is 0.379. The van der Waals surface area contributed by atoms with Crippen LogP contribution >= 0.6 is 0 Å². The molecule has 2 aromatic carbocycles. The molecule has 0 saturated carbocycles. The monoisotopic (exact) mass is 471 g/mol. The lowest BCUT2D eigenvalue weighted by Gasteiger charge is -2.34. The molecule has 35 heavy (non-hydrogen) atoms. The maximum absolute atomic E-state index is 16.3. The first-order valence-electron chi connectivity index (χ1n) is 11.5. The minimum Gasteiger partial charge on any atom is -0.508 e. The zero-order valence-corrected chi connectivity index (χ0v) is 19.1. The molecular formula is C27H23F2N5O. The summed E-state index contributed by atoms with van der Waals surface area (Å²) in [6, 6.07) is 6.27. The third-order valence-electron chi connectivity index (χ3n) is 7.21. The van der Waals surface area contributed by atoms with Crippen LogP contribution in [-0.4, -0.2) is 40.2 Å². The predicted octanol–water partition coefficient (Wildman–Crippen LogP) is 4.25. The number of aryl methyl sites for hydroxylation is 1. The summed E-state index contributed by atoms with van der Waals surface area (Å²) in [5, 5.41) is 15.6. The van der Waals surface area contributed by atoms with E-state index in [9.17, 15) is 9.50 Å². The smallest absolute Gasteiger partial charge is 0.157 e. The molecule has 2 aliphatic heterocycles. The summed E-state index contributed by atoms with van der Waals surface area (Å²) in [4.78, 5) is 11.2. The fourth-order valence-electron chi connectivity index (χ4n) is 5.56. The highest BCUT2D eigenvalue weighted by Gasteiger charge is 2.34. The molecule has 2 atom stereocenters. The molecule has 2 bridgehead atoms. The van der Waals surface area contributed by atoms with E-state index in [2.05, 4.69) is 26.1 Å². The second-order valence-electron chi connectivity index (χ2n) is 9.36. The van der Waals surface area contributed by atoms with Gasteiger partial charge in [0.25, 0.3) is 0 Å². The van der Waals surface area contributed by atoms with Gasteiger partial charge in [-0.15, -0.1) is 6.42 Å². The number of hydrogen-bond donors (Lipinski definition) is 3. The van der Waals surface area contributed by atoms with Gasteiger partial charge in [-0.25, -0.2) is 13.8 Å². The summed E-state index contributed by atoms with van der Waals surface area (Å²) in [6.07, 6.45) is 9.37. The number of nitrogen functional groups attached to an aromatic ring is 1. The zero-order valence-electron chi connectivity index (χ0n) is 19.1. The van der Waals surface area contributed by atoms with Crippen molar-refractivity contribution < 1.29 is 13.9 Å². The van der Waals surface area contributed by atoms with Gasteiger partial charge in [0.1, 0.15) is 28.9 Å². The third-order valence-corrected chi connectivity index (χ3v) is 7.21. The summed E-state index contributed by atoms with van der Waals surface area (Å²) >= 11 is 0. The van der Waals surface area contributed by atoms with Crippen molar-refractivity contribution in [2.24, 2.45) is 0 Å². The van der Waals surface area contributed by atoms with Gasteiger partial charge in [0.15, 0.2) is 5.82 Å². The van der Waals surface area contributed by atoms with E-state index < -0.39 is 11.6 Å². The van der Waals surface area contributed by atoms with Crippen LogP contribution in [0.1, 0.15) is 24.0 Å². The number of nitrogens with two attached hydrogens (primary N) is 1. The Hall–Kier alpha value is -3.96. The number of rotatable bonds is 2. The molecule has 4 heterocycles. The first kappa shape index (κ1) is 21.6. The first-order chi connectivity index (χ1) is 16.9. The van der Waals surface area contributed by atoms with Crippen molar-refractivity contribution in [1.82, 2.24) is 15.3 Å². The first-order valence-corrected chi connectivity index (χ1v) is 11.5. The highest BCUT2D eigenvalue weighted by Crippen LogP contribution is 2.40. The number of terminal acetylenes is 1. The van der Waals surface area contributed by atoms with E-state index >= 15 is 4.39 Å². The van der Waals surface area contributed by atoms with Crippen molar-refractivity contribution in [2.75, 3.05) is 23.7 Å². The van der Waals surface area contributed by atoms with Gasteiger partial charge in [-0.1, -0.05) is 12.0 Å². The number of phenols is 1. The number of pyridine rings is 2. The Morgan fingerprint density at radius 1 is 1.17 bits per heavy atom. The maximum Gasteiger partial charge on any atom is 0.157 e. The van der Waals surface area contributed by atoms with E-state index in [-0.39, 0.29) is 28.4 Å². The summed E-state index contributed by atoms with van der Waals surface area (Å²) in [7, 11) is 0. The Kier molecular flexibility index (Phi) is 4.80. The van der Waals surface area contributed by atoms with E-state index in [1.54, 1.807) is 13.1 Å². The Labute approximate surface area is 200 Å². The molecule has 8 heteroatoms. The van der Waals surface area contributed by atoms with Crippen LogP contribution in [0.4, 0.5) is 20.4 Å². The van der Waals surface area contributed by atoms with Crippen molar-refractivity contribution in [3.8, 4) is 29.4 Å². The topological polar surface area (TPSA) is 87.3 Å². The number of aromatic hydroxyl groups is 1. The van der Waals surface area contributed by atoms with E-state index in [0.29, 0.717) is 45.0 Å². The lowest BCUT2D eigenvalue weighted by molar-refractivity contribution is 0.464. The van der Waals surface area contributed by atoms with E-state index in [0.717, 1.165) is 25.9 Å². The molecule has 6 nitrogen and oxygen atoms in total. The number of fused-ring (bicyclic) bond motifs is 4. The van der Waals surface area contributed by atoms with Crippen LogP contribution in [-0.2, 0) is 0 Å². The molecule has 4 aromatic rings. The number of benzene rings is 2. The molecule has 0 radical (unpaired) electrons. The number of phenolic OH excluding ortho intramolecular Hbond substituents is 1. The van der Waals surface area contributed by atoms with Crippen molar-refractivity contribution >= 4 is 33.2 Å². The van der Waals surface area contributed by atoms with Crippen molar-refractivity contribution in [2.45, 2.75) is 31.8 Å². The second-order valence-corrected chi connectivity index (χ2v) is 9.36. The Morgan fingerprint density at radius 2 is 1.91 bits per heavy atom. The van der Waals surface area contributed by atoms with Gasteiger partial charge < -0.3 is 21.1 Å². The average Bonchev–Trinajstić information content (AvgIpc) is 3.18. The fraction of sp³-hybridized carbons (Fsp3) is 0.259. The second kappa shape index (κ2) is 7.79. The highest BCUT2D eigenvalue weighted by molar-refractivity contribution is 6.04. The van der Waals surface area contributed by atoms with Gasteiger partial charge in [0.2, 0.25) is 0 Å². The molecule has 0 amide bonds. The SMILES string of the molecule is C#Cc1c(F)ccc2cc(O)cc(-c3ncc4c(N5CC6CCC(C5)N6)nc(N)c(C)c4c3F)c12. The van der Waals surface area contributed by atoms with Crippen molar-refractivity contribution in [3.05, 3.63) is 53.2 Å². The number of anilines is 2. The highest BCUT2D eigenvalue weighted by atomic mass is 19.1. The van der Waals surface area contributed by atoms with E-state index in [4.69, 9.17) is 12.2 Å². The van der Waals surface area contributed by atoms with E-state index in [1.807, 2.05) is 0 Å². The van der Waals surface area contributed by atoms with Gasteiger partial charge in [0.05, 0.1) is 5.56 Å². The van der Waals surface area contributed by atoms with Gasteiger partial charge in [-0.05, 0) is 43.4 Å². The average molecular weight is 472 g/mol. The molecule has 2 aromatic heterocycles. The van der Waals surface area contributed by atoms with Gasteiger partial charge in [-0.2, -0.15) is 0 Å². The van der Waals surface area contributed by atoms with Gasteiger partial charge in [0, 0.05) is 58.7 Å². The standard InChI is InChI=1S/C27H23F2N5O/c1-3-18-21(28)7-4-14-8-17(35)9-19(23(14)18)25-24(29)22-13(2)26(30)33-27(20(22)10-31-25)34-11-15-5-6-16(12-34)32-15/h1,4,7-10,15-16,32,35H,5-6,11-12H2,2H3,(H2,30,33). The Morgan fingerprint density at radius 3 is 2.63 bits per heavy atom. The lowest BCUT2D eigenvalue weighted by atomic mass is 9.95. The normalized spacial score (nSPS) is 19.4. The molecule has 0 aliphatic carbocycles. The van der Waals surface area contributed by atoms with Crippen LogP contribution in [0, 0.1) is 30.9 Å². The number of piperazine rings is 1. The molecule has 2 fully saturated rings. The lowest BCUT2D eigenvalue weighted by Crippen LogP contribution is -2.51. The van der Waals surface area contributed by atoms with Crippen molar-refractivity contribution in [3.63, 3.8) is 0 Å². The maximum atomic E-state index is 16.3. The molecule has 2 unspecified atom stereocenters. The summed E-state index contributed by atoms with van der Waals surface area (Å²) in [5.74, 6) is 1.88. The van der Waals surface area contributed by atoms with Crippen LogP contribution in [0.3, 0.4) is 0 Å². The molecule has 0 spiro atoms. The Balaban J connectivity index is 1.62. The molecular weight excluding hydrogens is 448 g/mol. The summed E-state index contributed by atoms with van der Waals surface area (Å²) < 4.78 is 30.9. The predicted molar refractivity (Wildman–Crippen MR) is 133 cm³/mol. The van der Waals surface area contributed by atoms with Crippen LogP contribution in [0.5, 0.6) is 5.75 Å². The molecule has 2 saturated heterocycles. The number of nitrogens with one attached hydrogen (secondary N) is 1. The number of hydrogen-bond acceptors (Lipinski definition) is 6. The van der Waals surface area contributed by atoms with Gasteiger partial charge in [-0.3, -0.25) is 4.98 Å². The number of aromatic nitrogens is 2. The Bertz CT molecular complexity index is 1570. The van der Waals surface area contributed by atoms with Gasteiger partial charge >= 0.3 is 0 Å². The fourth-order valence-corrected chi connectivity index (χ4v) is 5.56. The summed E-state index contributed by atoms with van der Waals surface area (Å²) in [5.41, 5.74) is 6.91. The van der Waals surface area contributed by atoms with Crippen molar-refractivity contribution in [1.29, 1.82) is 0 Å². The number of nitrogens with zero attached hydrogens (tertiary/aromatic N) is 3. The molecule has 176 valence electrons. The molecule has 2 aliphatic rings. The van der Waals surface area contributed by atoms with Crippen LogP contribution in [0.25, 0.3) is 32.8 Å². The molecule has 6 rings (SSSR count). The van der Waals surface area contributed by atoms with E-state index in [1.165, 1.54) is 24.3 Å². The zero-order chi connectivity index (χ0) is 24.4. The van der Waals surface area contributed by atoms with Crippen LogP contribution in [0.2, 0.25) is 0 Å². The minimum atomic E-state index is -0.618.